The standard InChI is InChI=1S/C13H13ClN2O2/c1-2-7-15-13(17)12-8-11(16-18-12)9-3-5-10(14)6-4-9/h2-6,12H,1,7-8H2,(H,15,17). The van der Waals surface area contributed by atoms with Crippen LogP contribution in [0.3, 0.4) is 0 Å². The summed E-state index contributed by atoms with van der Waals surface area (Å²) >= 11 is 5.81. The van der Waals surface area contributed by atoms with Gasteiger partial charge in [-0.15, -0.1) is 6.58 Å². The Morgan fingerprint density at radius 2 is 2.28 bits per heavy atom. The van der Waals surface area contributed by atoms with Crippen LogP contribution in [0.25, 0.3) is 0 Å². The monoisotopic (exact) mass is 264 g/mol. The molecule has 1 aliphatic heterocycles. The van der Waals surface area contributed by atoms with Gasteiger partial charge in [0.1, 0.15) is 0 Å². The number of nitrogens with zero attached hydrogens (tertiary/aromatic N) is 1. The van der Waals surface area contributed by atoms with Crippen LogP contribution in [0.1, 0.15) is 12.0 Å². The summed E-state index contributed by atoms with van der Waals surface area (Å²) in [5, 5.41) is 7.28. The van der Waals surface area contributed by atoms with E-state index in [-0.39, 0.29) is 5.91 Å². The summed E-state index contributed by atoms with van der Waals surface area (Å²) in [5.41, 5.74) is 1.67. The van der Waals surface area contributed by atoms with E-state index < -0.39 is 6.10 Å². The van der Waals surface area contributed by atoms with E-state index in [9.17, 15) is 4.79 Å². The number of carbonyl (C=O) groups excluding carboxylic acids is 1. The molecule has 1 aromatic rings. The minimum atomic E-state index is -0.560. The molecule has 2 rings (SSSR count). The zero-order valence-corrected chi connectivity index (χ0v) is 10.5. The van der Waals surface area contributed by atoms with E-state index in [1.165, 1.54) is 0 Å². The van der Waals surface area contributed by atoms with Crippen molar-refractivity contribution in [2.24, 2.45) is 5.16 Å². The summed E-state index contributed by atoms with van der Waals surface area (Å²) in [7, 11) is 0. The normalized spacial score (nSPS) is 17.8. The Morgan fingerprint density at radius 3 is 2.94 bits per heavy atom. The molecule has 94 valence electrons. The zero-order valence-electron chi connectivity index (χ0n) is 9.73. The molecule has 18 heavy (non-hydrogen) atoms. The molecule has 1 heterocycles. The van der Waals surface area contributed by atoms with E-state index in [2.05, 4.69) is 17.1 Å². The first-order valence-corrected chi connectivity index (χ1v) is 5.95. The molecular weight excluding hydrogens is 252 g/mol. The fourth-order valence-corrected chi connectivity index (χ4v) is 1.74. The summed E-state index contributed by atoms with van der Waals surface area (Å²) < 4.78 is 0. The van der Waals surface area contributed by atoms with Crippen molar-refractivity contribution < 1.29 is 9.63 Å². The lowest BCUT2D eigenvalue weighted by atomic mass is 10.0. The van der Waals surface area contributed by atoms with Crippen molar-refractivity contribution in [3.63, 3.8) is 0 Å². The molecule has 0 aliphatic carbocycles. The number of rotatable bonds is 4. The topological polar surface area (TPSA) is 50.7 Å². The van der Waals surface area contributed by atoms with Crippen LogP contribution in [0.15, 0.2) is 42.1 Å². The van der Waals surface area contributed by atoms with Gasteiger partial charge in [-0.2, -0.15) is 0 Å². The van der Waals surface area contributed by atoms with Gasteiger partial charge in [-0.25, -0.2) is 0 Å². The molecule has 1 aliphatic rings. The zero-order chi connectivity index (χ0) is 13.0. The van der Waals surface area contributed by atoms with E-state index in [0.29, 0.717) is 18.0 Å². The lowest BCUT2D eigenvalue weighted by Crippen LogP contribution is -2.34. The van der Waals surface area contributed by atoms with Gasteiger partial charge in [0.2, 0.25) is 6.10 Å². The third-order valence-corrected chi connectivity index (χ3v) is 2.81. The first-order valence-electron chi connectivity index (χ1n) is 5.58. The molecule has 1 atom stereocenters. The number of amides is 1. The second-order valence-electron chi connectivity index (χ2n) is 3.88. The number of benzene rings is 1. The molecule has 0 spiro atoms. The molecule has 5 heteroatoms. The first-order chi connectivity index (χ1) is 8.70. The summed E-state index contributed by atoms with van der Waals surface area (Å²) in [6, 6.07) is 7.28. The van der Waals surface area contributed by atoms with E-state index in [4.69, 9.17) is 16.4 Å². The molecule has 0 bridgehead atoms. The minimum absolute atomic E-state index is 0.178. The Morgan fingerprint density at radius 1 is 1.56 bits per heavy atom. The third kappa shape index (κ3) is 2.90. The largest absolute Gasteiger partial charge is 0.382 e. The highest BCUT2D eigenvalue weighted by Gasteiger charge is 2.28. The lowest BCUT2D eigenvalue weighted by molar-refractivity contribution is -0.130. The summed E-state index contributed by atoms with van der Waals surface area (Å²) in [4.78, 5) is 16.8. The van der Waals surface area contributed by atoms with Gasteiger partial charge in [0.15, 0.2) is 0 Å². The van der Waals surface area contributed by atoms with E-state index in [0.717, 1.165) is 11.3 Å². The maximum atomic E-state index is 11.7. The molecule has 4 nitrogen and oxygen atoms in total. The third-order valence-electron chi connectivity index (χ3n) is 2.56. The van der Waals surface area contributed by atoms with Crippen molar-refractivity contribution in [1.82, 2.24) is 5.32 Å². The van der Waals surface area contributed by atoms with E-state index in [1.54, 1.807) is 18.2 Å². The quantitative estimate of drug-likeness (QED) is 0.847. The maximum absolute atomic E-state index is 11.7. The number of nitrogens with one attached hydrogen (secondary N) is 1. The minimum Gasteiger partial charge on any atom is -0.382 e. The molecule has 1 unspecified atom stereocenters. The van der Waals surface area contributed by atoms with E-state index >= 15 is 0 Å². The molecule has 1 aromatic carbocycles. The highest BCUT2D eigenvalue weighted by atomic mass is 35.5. The van der Waals surface area contributed by atoms with Crippen LogP contribution in [0.2, 0.25) is 5.02 Å². The average molecular weight is 265 g/mol. The van der Waals surface area contributed by atoms with Gasteiger partial charge in [-0.05, 0) is 17.7 Å². The molecule has 0 radical (unpaired) electrons. The highest BCUT2D eigenvalue weighted by Crippen LogP contribution is 2.18. The Labute approximate surface area is 110 Å². The fourth-order valence-electron chi connectivity index (χ4n) is 1.62. The van der Waals surface area contributed by atoms with Crippen LogP contribution in [-0.2, 0) is 9.63 Å². The van der Waals surface area contributed by atoms with Gasteiger partial charge in [-0.3, -0.25) is 4.79 Å². The van der Waals surface area contributed by atoms with Gasteiger partial charge < -0.3 is 10.2 Å². The average Bonchev–Trinajstić information content (AvgIpc) is 2.86. The molecule has 0 fully saturated rings. The predicted molar refractivity (Wildman–Crippen MR) is 70.7 cm³/mol. The number of carbonyl (C=O) groups is 1. The Bertz CT molecular complexity index is 482. The fraction of sp³-hybridized carbons (Fsp3) is 0.231. The predicted octanol–water partition coefficient (Wildman–Crippen LogP) is 2.14. The van der Waals surface area contributed by atoms with Crippen LogP contribution in [0.4, 0.5) is 0 Å². The van der Waals surface area contributed by atoms with Crippen molar-refractivity contribution >= 4 is 23.2 Å². The van der Waals surface area contributed by atoms with Gasteiger partial charge in [0.25, 0.3) is 5.91 Å². The van der Waals surface area contributed by atoms with Crippen molar-refractivity contribution in [2.75, 3.05) is 6.54 Å². The molecule has 1 N–H and O–H groups in total. The number of hydrogen-bond acceptors (Lipinski definition) is 3. The van der Waals surface area contributed by atoms with E-state index in [1.807, 2.05) is 12.1 Å². The number of hydrogen-bond donors (Lipinski definition) is 1. The van der Waals surface area contributed by atoms with Crippen LogP contribution in [0, 0.1) is 0 Å². The summed E-state index contributed by atoms with van der Waals surface area (Å²) in [5.74, 6) is -0.178. The van der Waals surface area contributed by atoms with Crippen LogP contribution in [0.5, 0.6) is 0 Å². The van der Waals surface area contributed by atoms with Crippen LogP contribution in [-0.4, -0.2) is 24.3 Å². The van der Waals surface area contributed by atoms with Crippen LogP contribution >= 0.6 is 11.6 Å². The van der Waals surface area contributed by atoms with Gasteiger partial charge in [0.05, 0.1) is 5.71 Å². The highest BCUT2D eigenvalue weighted by molar-refractivity contribution is 6.30. The van der Waals surface area contributed by atoms with Gasteiger partial charge >= 0.3 is 0 Å². The maximum Gasteiger partial charge on any atom is 0.264 e. The van der Waals surface area contributed by atoms with Crippen molar-refractivity contribution in [1.29, 1.82) is 0 Å². The van der Waals surface area contributed by atoms with Crippen molar-refractivity contribution in [3.8, 4) is 0 Å². The number of oxime groups is 1. The first kappa shape index (κ1) is 12.6. The van der Waals surface area contributed by atoms with Crippen molar-refractivity contribution in [3.05, 3.63) is 47.5 Å². The molecular formula is C13H13ClN2O2. The summed E-state index contributed by atoms with van der Waals surface area (Å²) in [6.07, 6.45) is 1.52. The Hall–Kier alpha value is -1.81. The van der Waals surface area contributed by atoms with Gasteiger partial charge in [0, 0.05) is 18.0 Å². The van der Waals surface area contributed by atoms with Gasteiger partial charge in [-0.1, -0.05) is 35.0 Å². The smallest absolute Gasteiger partial charge is 0.264 e. The lowest BCUT2D eigenvalue weighted by Gasteiger charge is -2.07. The molecule has 1 amide bonds. The molecule has 0 aromatic heterocycles. The van der Waals surface area contributed by atoms with Crippen LogP contribution < -0.4 is 5.32 Å². The second-order valence-corrected chi connectivity index (χ2v) is 4.31. The molecule has 0 saturated heterocycles. The Kier molecular flexibility index (Phi) is 3.99. The Balaban J connectivity index is 1.97. The molecule has 0 saturated carbocycles. The second kappa shape index (κ2) is 5.69. The summed E-state index contributed by atoms with van der Waals surface area (Å²) in [6.45, 7) is 3.96. The SMILES string of the molecule is C=CCNC(=O)C1CC(c2ccc(Cl)cc2)=NO1. The van der Waals surface area contributed by atoms with Crippen molar-refractivity contribution in [2.45, 2.75) is 12.5 Å². The number of halogens is 1.